The van der Waals surface area contributed by atoms with E-state index < -0.39 is 11.7 Å². The number of halogens is 4. The standard InChI is InChI=1S/C10H7BrF3N3/c11-8-5-17(16-9(8)15)7-3-1-2-6(4-7)10(12,13)14/h1-5H,(H2,15,16). The van der Waals surface area contributed by atoms with Crippen molar-refractivity contribution in [1.82, 2.24) is 9.78 Å². The first kappa shape index (κ1) is 12.0. The lowest BCUT2D eigenvalue weighted by Crippen LogP contribution is -2.06. The van der Waals surface area contributed by atoms with Crippen LogP contribution in [0.4, 0.5) is 19.0 Å². The second-order valence-electron chi connectivity index (χ2n) is 3.35. The molecule has 1 heterocycles. The second-order valence-corrected chi connectivity index (χ2v) is 4.21. The van der Waals surface area contributed by atoms with Gasteiger partial charge >= 0.3 is 6.18 Å². The van der Waals surface area contributed by atoms with Gasteiger partial charge in [-0.05, 0) is 34.1 Å². The van der Waals surface area contributed by atoms with Crippen LogP contribution in [0.15, 0.2) is 34.9 Å². The second kappa shape index (κ2) is 4.06. The summed E-state index contributed by atoms with van der Waals surface area (Å²) in [4.78, 5) is 0. The van der Waals surface area contributed by atoms with Crippen molar-refractivity contribution in [2.24, 2.45) is 0 Å². The van der Waals surface area contributed by atoms with Crippen molar-refractivity contribution in [2.75, 3.05) is 5.73 Å². The summed E-state index contributed by atoms with van der Waals surface area (Å²) in [6, 6.07) is 4.86. The van der Waals surface area contributed by atoms with Crippen molar-refractivity contribution < 1.29 is 13.2 Å². The molecular weight excluding hydrogens is 299 g/mol. The highest BCUT2D eigenvalue weighted by molar-refractivity contribution is 9.10. The summed E-state index contributed by atoms with van der Waals surface area (Å²) >= 11 is 3.14. The van der Waals surface area contributed by atoms with E-state index in [4.69, 9.17) is 5.73 Å². The molecule has 1 aromatic heterocycles. The number of rotatable bonds is 1. The Labute approximate surface area is 103 Å². The number of benzene rings is 1. The van der Waals surface area contributed by atoms with Crippen molar-refractivity contribution in [3.8, 4) is 5.69 Å². The zero-order chi connectivity index (χ0) is 12.6. The van der Waals surface area contributed by atoms with E-state index in [2.05, 4.69) is 21.0 Å². The Morgan fingerprint density at radius 2 is 2.00 bits per heavy atom. The third kappa shape index (κ3) is 2.44. The van der Waals surface area contributed by atoms with Crippen molar-refractivity contribution in [3.63, 3.8) is 0 Å². The summed E-state index contributed by atoms with van der Waals surface area (Å²) in [5.41, 5.74) is 5.08. The van der Waals surface area contributed by atoms with Gasteiger partial charge in [-0.3, -0.25) is 0 Å². The molecule has 0 radical (unpaired) electrons. The van der Waals surface area contributed by atoms with E-state index in [1.54, 1.807) is 0 Å². The fraction of sp³-hybridized carbons (Fsp3) is 0.100. The highest BCUT2D eigenvalue weighted by atomic mass is 79.9. The SMILES string of the molecule is Nc1nn(-c2cccc(C(F)(F)F)c2)cc1Br. The molecule has 0 fully saturated rings. The Bertz CT molecular complexity index is 528. The predicted octanol–water partition coefficient (Wildman–Crippen LogP) is 3.24. The number of anilines is 1. The molecule has 2 aromatic rings. The molecule has 3 nitrogen and oxygen atoms in total. The molecule has 1 aromatic carbocycles. The normalized spacial score (nSPS) is 11.8. The van der Waals surface area contributed by atoms with Crippen molar-refractivity contribution in [3.05, 3.63) is 40.5 Å². The number of aromatic nitrogens is 2. The number of hydrogen-bond donors (Lipinski definition) is 1. The average Bonchev–Trinajstić information content (AvgIpc) is 2.58. The Hall–Kier alpha value is -1.50. The van der Waals surface area contributed by atoms with E-state index in [-0.39, 0.29) is 5.82 Å². The first-order chi connectivity index (χ1) is 7.88. The van der Waals surface area contributed by atoms with Crippen LogP contribution < -0.4 is 5.73 Å². The maximum atomic E-state index is 12.5. The number of nitrogen functional groups attached to an aromatic ring is 1. The summed E-state index contributed by atoms with van der Waals surface area (Å²) in [5.74, 6) is 0.224. The highest BCUT2D eigenvalue weighted by Gasteiger charge is 2.30. The minimum atomic E-state index is -4.37. The van der Waals surface area contributed by atoms with Gasteiger partial charge in [0.2, 0.25) is 0 Å². The van der Waals surface area contributed by atoms with Gasteiger partial charge in [-0.2, -0.15) is 13.2 Å². The van der Waals surface area contributed by atoms with Crippen molar-refractivity contribution >= 4 is 21.7 Å². The van der Waals surface area contributed by atoms with Gasteiger partial charge in [0.25, 0.3) is 0 Å². The molecule has 0 aliphatic carbocycles. The van der Waals surface area contributed by atoms with Crippen LogP contribution in [-0.4, -0.2) is 9.78 Å². The summed E-state index contributed by atoms with van der Waals surface area (Å²) in [6.07, 6.45) is -2.86. The smallest absolute Gasteiger partial charge is 0.381 e. The van der Waals surface area contributed by atoms with Gasteiger partial charge < -0.3 is 5.73 Å². The van der Waals surface area contributed by atoms with Crippen LogP contribution in [0.1, 0.15) is 5.56 Å². The van der Waals surface area contributed by atoms with Gasteiger partial charge in [0.05, 0.1) is 15.7 Å². The molecule has 0 aliphatic rings. The first-order valence-corrected chi connectivity index (χ1v) is 5.35. The van der Waals surface area contributed by atoms with Crippen LogP contribution in [0.5, 0.6) is 0 Å². The first-order valence-electron chi connectivity index (χ1n) is 4.56. The third-order valence-corrected chi connectivity index (χ3v) is 2.74. The summed E-state index contributed by atoms with van der Waals surface area (Å²) in [7, 11) is 0. The van der Waals surface area contributed by atoms with Gasteiger partial charge in [-0.25, -0.2) is 4.68 Å². The molecule has 7 heteroatoms. The molecule has 2 rings (SSSR count). The molecule has 17 heavy (non-hydrogen) atoms. The molecule has 0 bridgehead atoms. The molecule has 0 amide bonds. The molecule has 0 atom stereocenters. The molecule has 0 unspecified atom stereocenters. The average molecular weight is 306 g/mol. The van der Waals surface area contributed by atoms with Gasteiger partial charge in [0, 0.05) is 6.20 Å². The van der Waals surface area contributed by atoms with Crippen molar-refractivity contribution in [1.29, 1.82) is 0 Å². The monoisotopic (exact) mass is 305 g/mol. The van der Waals surface area contributed by atoms with E-state index >= 15 is 0 Å². The fourth-order valence-electron chi connectivity index (χ4n) is 1.32. The Morgan fingerprint density at radius 1 is 1.29 bits per heavy atom. The van der Waals surface area contributed by atoms with Crippen LogP contribution in [0.25, 0.3) is 5.69 Å². The maximum absolute atomic E-state index is 12.5. The number of nitrogens with two attached hydrogens (primary N) is 1. The zero-order valence-electron chi connectivity index (χ0n) is 8.37. The number of alkyl halides is 3. The van der Waals surface area contributed by atoms with Crippen LogP contribution >= 0.6 is 15.9 Å². The topological polar surface area (TPSA) is 43.8 Å². The highest BCUT2D eigenvalue weighted by Crippen LogP contribution is 2.30. The minimum Gasteiger partial charge on any atom is -0.381 e. The van der Waals surface area contributed by atoms with E-state index in [0.29, 0.717) is 10.2 Å². The molecule has 0 spiro atoms. The zero-order valence-corrected chi connectivity index (χ0v) is 9.96. The Balaban J connectivity index is 2.47. The van der Waals surface area contributed by atoms with Crippen molar-refractivity contribution in [2.45, 2.75) is 6.18 Å². The predicted molar refractivity (Wildman–Crippen MR) is 60.7 cm³/mol. The number of hydrogen-bond acceptors (Lipinski definition) is 2. The lowest BCUT2D eigenvalue weighted by Gasteiger charge is -2.08. The van der Waals surface area contributed by atoms with E-state index in [9.17, 15) is 13.2 Å². The van der Waals surface area contributed by atoms with Gasteiger partial charge in [-0.15, -0.1) is 5.10 Å². The molecule has 90 valence electrons. The molecule has 2 N–H and O–H groups in total. The Morgan fingerprint density at radius 3 is 2.53 bits per heavy atom. The van der Waals surface area contributed by atoms with Crippen LogP contribution in [0, 0.1) is 0 Å². The number of nitrogens with zero attached hydrogens (tertiary/aromatic N) is 2. The van der Waals surface area contributed by atoms with Gasteiger partial charge in [0.15, 0.2) is 5.82 Å². The summed E-state index contributed by atoms with van der Waals surface area (Å²) in [5, 5.41) is 3.88. The summed E-state index contributed by atoms with van der Waals surface area (Å²) < 4.78 is 39.3. The quantitative estimate of drug-likeness (QED) is 0.879. The Kier molecular flexibility index (Phi) is 2.86. The summed E-state index contributed by atoms with van der Waals surface area (Å²) in [6.45, 7) is 0. The van der Waals surface area contributed by atoms with E-state index in [1.807, 2.05) is 0 Å². The fourth-order valence-corrected chi connectivity index (χ4v) is 1.60. The minimum absolute atomic E-state index is 0.224. The molecule has 0 saturated carbocycles. The largest absolute Gasteiger partial charge is 0.416 e. The third-order valence-electron chi connectivity index (χ3n) is 2.13. The van der Waals surface area contributed by atoms with Gasteiger partial charge in [-0.1, -0.05) is 6.07 Å². The lowest BCUT2D eigenvalue weighted by atomic mass is 10.2. The molecule has 0 aliphatic heterocycles. The maximum Gasteiger partial charge on any atom is 0.416 e. The lowest BCUT2D eigenvalue weighted by molar-refractivity contribution is -0.137. The van der Waals surface area contributed by atoms with Gasteiger partial charge in [0.1, 0.15) is 0 Å². The van der Waals surface area contributed by atoms with Crippen LogP contribution in [0.2, 0.25) is 0 Å². The van der Waals surface area contributed by atoms with E-state index in [1.165, 1.54) is 23.0 Å². The molecular formula is C10H7BrF3N3. The van der Waals surface area contributed by atoms with Crippen LogP contribution in [-0.2, 0) is 6.18 Å². The van der Waals surface area contributed by atoms with Crippen LogP contribution in [0.3, 0.4) is 0 Å². The molecule has 0 saturated heterocycles. The van der Waals surface area contributed by atoms with E-state index in [0.717, 1.165) is 12.1 Å².